The van der Waals surface area contributed by atoms with Gasteiger partial charge < -0.3 is 9.84 Å². The Hall–Kier alpha value is -1.61. The lowest BCUT2D eigenvalue weighted by Crippen LogP contribution is -2.41. The van der Waals surface area contributed by atoms with Crippen LogP contribution in [0.3, 0.4) is 0 Å². The Morgan fingerprint density at radius 2 is 1.78 bits per heavy atom. The van der Waals surface area contributed by atoms with Crippen LogP contribution in [0.25, 0.3) is 0 Å². The maximum Gasteiger partial charge on any atom is 0.328 e. The summed E-state index contributed by atoms with van der Waals surface area (Å²) in [6.45, 7) is 9.41. The molecule has 1 aromatic carbocycles. The minimum absolute atomic E-state index is 0.0690. The second kappa shape index (κ2) is 5.70. The van der Waals surface area contributed by atoms with E-state index in [0.29, 0.717) is 5.92 Å². The zero-order valence-electron chi connectivity index (χ0n) is 17.3. The molecule has 0 radical (unpaired) electrons. The average Bonchev–Trinajstić information content (AvgIpc) is 3.28. The number of methoxy groups -OCH3 is 1. The Morgan fingerprint density at radius 3 is 2.37 bits per heavy atom. The van der Waals surface area contributed by atoms with Crippen molar-refractivity contribution in [2.45, 2.75) is 81.6 Å². The maximum absolute atomic E-state index is 11.2. The SMILES string of the molecule is COC1(/C=C/C(=O)O)CCC2CC21c1ccc2c(c1)C(C)(C)CCC2(C)C. The second-order valence-corrected chi connectivity index (χ2v) is 10.2. The average molecular weight is 369 g/mol. The number of rotatable bonds is 4. The molecule has 3 aliphatic rings. The van der Waals surface area contributed by atoms with Gasteiger partial charge in [0.25, 0.3) is 0 Å². The lowest BCUT2D eigenvalue weighted by Gasteiger charge is -2.43. The van der Waals surface area contributed by atoms with Crippen LogP contribution in [0.1, 0.15) is 76.5 Å². The number of benzene rings is 1. The number of fused-ring (bicyclic) bond motifs is 2. The Morgan fingerprint density at radius 1 is 1.11 bits per heavy atom. The molecular weight excluding hydrogens is 336 g/mol. The Balaban J connectivity index is 1.84. The first-order valence-corrected chi connectivity index (χ1v) is 10.2. The zero-order chi connectivity index (χ0) is 19.7. The standard InChI is InChI=1S/C24H32O3/c1-21(2)12-13-22(3,4)19-14-16(6-7-18(19)21)24-15-17(24)8-10-23(24,27-5)11-9-20(25)26/h6-7,9,11,14,17H,8,10,12-13,15H2,1-5H3,(H,25,26)/b11-9+. The summed E-state index contributed by atoms with van der Waals surface area (Å²) in [5, 5.41) is 9.18. The van der Waals surface area contributed by atoms with E-state index in [1.807, 2.05) is 6.08 Å². The van der Waals surface area contributed by atoms with Crippen LogP contribution in [0, 0.1) is 5.92 Å². The lowest BCUT2D eigenvalue weighted by atomic mass is 9.62. The van der Waals surface area contributed by atoms with Crippen molar-refractivity contribution in [1.29, 1.82) is 0 Å². The molecule has 0 spiro atoms. The van der Waals surface area contributed by atoms with Gasteiger partial charge in [-0.15, -0.1) is 0 Å². The van der Waals surface area contributed by atoms with Crippen molar-refractivity contribution >= 4 is 5.97 Å². The third-order valence-electron chi connectivity index (χ3n) is 7.95. The summed E-state index contributed by atoms with van der Waals surface area (Å²) in [6, 6.07) is 7.08. The minimum Gasteiger partial charge on any atom is -0.478 e. The van der Waals surface area contributed by atoms with E-state index in [1.54, 1.807) is 7.11 Å². The molecule has 0 aliphatic heterocycles. The number of hydrogen-bond donors (Lipinski definition) is 1. The third-order valence-corrected chi connectivity index (χ3v) is 7.95. The van der Waals surface area contributed by atoms with Gasteiger partial charge in [0.2, 0.25) is 0 Å². The van der Waals surface area contributed by atoms with Crippen molar-refractivity contribution < 1.29 is 14.6 Å². The normalized spacial score (nSPS) is 35.7. The maximum atomic E-state index is 11.2. The van der Waals surface area contributed by atoms with E-state index in [2.05, 4.69) is 45.9 Å². The van der Waals surface area contributed by atoms with Crippen LogP contribution in [0.4, 0.5) is 0 Å². The van der Waals surface area contributed by atoms with Crippen LogP contribution in [0.5, 0.6) is 0 Å². The van der Waals surface area contributed by atoms with Crippen LogP contribution < -0.4 is 0 Å². The lowest BCUT2D eigenvalue weighted by molar-refractivity contribution is -0.131. The van der Waals surface area contributed by atoms with Crippen LogP contribution in [0.2, 0.25) is 0 Å². The van der Waals surface area contributed by atoms with Gasteiger partial charge in [-0.25, -0.2) is 4.79 Å². The molecule has 2 saturated carbocycles. The molecule has 0 amide bonds. The summed E-state index contributed by atoms with van der Waals surface area (Å²) in [4.78, 5) is 11.2. The molecule has 0 saturated heterocycles. The molecule has 3 atom stereocenters. The van der Waals surface area contributed by atoms with Crippen molar-refractivity contribution in [2.24, 2.45) is 5.92 Å². The Labute approximate surface area is 162 Å². The molecule has 3 nitrogen and oxygen atoms in total. The van der Waals surface area contributed by atoms with Crippen molar-refractivity contribution in [2.75, 3.05) is 7.11 Å². The van der Waals surface area contributed by atoms with Gasteiger partial charge in [0.15, 0.2) is 0 Å². The van der Waals surface area contributed by atoms with Crippen molar-refractivity contribution in [1.82, 2.24) is 0 Å². The number of carbonyl (C=O) groups is 1. The van der Waals surface area contributed by atoms with Crippen molar-refractivity contribution in [3.8, 4) is 0 Å². The largest absolute Gasteiger partial charge is 0.478 e. The highest BCUT2D eigenvalue weighted by molar-refractivity contribution is 5.80. The molecule has 27 heavy (non-hydrogen) atoms. The van der Waals surface area contributed by atoms with Gasteiger partial charge in [-0.1, -0.05) is 45.9 Å². The van der Waals surface area contributed by atoms with Gasteiger partial charge >= 0.3 is 5.97 Å². The molecule has 1 N–H and O–H groups in total. The van der Waals surface area contributed by atoms with Crippen molar-refractivity contribution in [3.05, 3.63) is 47.0 Å². The Bertz CT molecular complexity index is 819. The first-order valence-electron chi connectivity index (χ1n) is 10.2. The van der Waals surface area contributed by atoms with E-state index in [-0.39, 0.29) is 16.2 Å². The highest BCUT2D eigenvalue weighted by atomic mass is 16.5. The summed E-state index contributed by atoms with van der Waals surface area (Å²) in [5.41, 5.74) is 4.09. The second-order valence-electron chi connectivity index (χ2n) is 10.2. The van der Waals surface area contributed by atoms with Gasteiger partial charge in [0, 0.05) is 18.6 Å². The van der Waals surface area contributed by atoms with Crippen LogP contribution in [-0.4, -0.2) is 23.8 Å². The molecule has 3 unspecified atom stereocenters. The summed E-state index contributed by atoms with van der Waals surface area (Å²) >= 11 is 0. The van der Waals surface area contributed by atoms with Crippen LogP contribution in [-0.2, 0) is 25.8 Å². The molecule has 0 bridgehead atoms. The van der Waals surface area contributed by atoms with E-state index >= 15 is 0 Å². The van der Waals surface area contributed by atoms with Gasteiger partial charge in [-0.3, -0.25) is 0 Å². The molecule has 0 aromatic heterocycles. The van der Waals surface area contributed by atoms with Gasteiger partial charge in [0.1, 0.15) is 0 Å². The number of ether oxygens (including phenoxy) is 1. The molecule has 3 aliphatic carbocycles. The Kier molecular flexibility index (Phi) is 3.96. The molecule has 4 rings (SSSR count). The molecular formula is C24H32O3. The van der Waals surface area contributed by atoms with Crippen LogP contribution in [0.15, 0.2) is 30.4 Å². The predicted octanol–water partition coefficient (Wildman–Crippen LogP) is 5.11. The first-order chi connectivity index (χ1) is 12.6. The fraction of sp³-hybridized carbons (Fsp3) is 0.625. The predicted molar refractivity (Wildman–Crippen MR) is 107 cm³/mol. The molecule has 0 heterocycles. The number of carboxylic acid groups (broad SMARTS) is 1. The van der Waals surface area contributed by atoms with Crippen molar-refractivity contribution in [3.63, 3.8) is 0 Å². The van der Waals surface area contributed by atoms with Gasteiger partial charge in [-0.2, -0.15) is 0 Å². The summed E-state index contributed by atoms with van der Waals surface area (Å²) in [5.74, 6) is -0.312. The first kappa shape index (κ1) is 18.7. The van der Waals surface area contributed by atoms with Gasteiger partial charge in [0.05, 0.1) is 5.60 Å². The molecule has 1 aromatic rings. The molecule has 146 valence electrons. The smallest absolute Gasteiger partial charge is 0.328 e. The van der Waals surface area contributed by atoms with E-state index in [0.717, 1.165) is 19.3 Å². The van der Waals surface area contributed by atoms with Gasteiger partial charge in [-0.05, 0) is 71.6 Å². The molecule has 3 heteroatoms. The highest BCUT2D eigenvalue weighted by Gasteiger charge is 2.71. The van der Waals surface area contributed by atoms with E-state index in [4.69, 9.17) is 4.74 Å². The number of hydrogen-bond acceptors (Lipinski definition) is 2. The zero-order valence-corrected chi connectivity index (χ0v) is 17.3. The third kappa shape index (κ3) is 2.54. The summed E-state index contributed by atoms with van der Waals surface area (Å²) in [7, 11) is 1.74. The minimum atomic E-state index is -0.904. The fourth-order valence-electron chi connectivity index (χ4n) is 6.06. The summed E-state index contributed by atoms with van der Waals surface area (Å²) in [6.07, 6.45) is 8.58. The highest BCUT2D eigenvalue weighted by Crippen LogP contribution is 2.70. The summed E-state index contributed by atoms with van der Waals surface area (Å²) < 4.78 is 6.05. The monoisotopic (exact) mass is 368 g/mol. The van der Waals surface area contributed by atoms with E-state index < -0.39 is 11.6 Å². The number of carboxylic acids is 1. The van der Waals surface area contributed by atoms with E-state index in [1.165, 1.54) is 35.6 Å². The molecule has 2 fully saturated rings. The van der Waals surface area contributed by atoms with Crippen LogP contribution >= 0.6 is 0 Å². The fourth-order valence-corrected chi connectivity index (χ4v) is 6.06. The topological polar surface area (TPSA) is 46.5 Å². The van der Waals surface area contributed by atoms with E-state index in [9.17, 15) is 9.90 Å². The quantitative estimate of drug-likeness (QED) is 0.751. The number of aliphatic carboxylic acids is 1.